The van der Waals surface area contributed by atoms with Gasteiger partial charge in [0, 0.05) is 16.3 Å². The first-order chi connectivity index (χ1) is 13.4. The minimum atomic E-state index is 0.841. The SMILES string of the molecule is c1ccc(-c2nc3cncnc3c3c4c(ccc23)-c2ccccc2C4)cc1. The van der Waals surface area contributed by atoms with Crippen molar-refractivity contribution in [2.24, 2.45) is 0 Å². The molecule has 0 atom stereocenters. The molecule has 0 amide bonds. The molecule has 5 aromatic rings. The zero-order valence-electron chi connectivity index (χ0n) is 14.6. The lowest BCUT2D eigenvalue weighted by Gasteiger charge is -2.13. The van der Waals surface area contributed by atoms with E-state index in [1.54, 1.807) is 6.33 Å². The second-order valence-electron chi connectivity index (χ2n) is 6.93. The summed E-state index contributed by atoms with van der Waals surface area (Å²) in [6, 6.07) is 23.5. The van der Waals surface area contributed by atoms with Gasteiger partial charge in [0.1, 0.15) is 17.4 Å². The van der Waals surface area contributed by atoms with Crippen molar-refractivity contribution in [2.75, 3.05) is 0 Å². The standard InChI is InChI=1S/C24H15N3/c1-2-6-15(7-3-1)23-19-11-10-18-17-9-5-4-8-16(17)12-20(18)22(19)24-21(27-23)13-25-14-26-24/h1-11,13-14H,12H2. The third-order valence-corrected chi connectivity index (χ3v) is 5.45. The fourth-order valence-electron chi connectivity index (χ4n) is 4.27. The van der Waals surface area contributed by atoms with Gasteiger partial charge in [0.05, 0.1) is 11.9 Å². The zero-order valence-corrected chi connectivity index (χ0v) is 14.6. The minimum absolute atomic E-state index is 0.841. The maximum Gasteiger partial charge on any atom is 0.116 e. The van der Waals surface area contributed by atoms with Crippen molar-refractivity contribution in [3.63, 3.8) is 0 Å². The van der Waals surface area contributed by atoms with Crippen LogP contribution in [0.25, 0.3) is 44.2 Å². The highest BCUT2D eigenvalue weighted by Crippen LogP contribution is 2.43. The molecule has 0 fully saturated rings. The summed E-state index contributed by atoms with van der Waals surface area (Å²) in [6.45, 7) is 0. The first-order valence-electron chi connectivity index (χ1n) is 9.09. The van der Waals surface area contributed by atoms with Gasteiger partial charge < -0.3 is 0 Å². The monoisotopic (exact) mass is 345 g/mol. The van der Waals surface area contributed by atoms with Crippen LogP contribution < -0.4 is 0 Å². The molecule has 3 heteroatoms. The number of aromatic nitrogens is 3. The normalized spacial score (nSPS) is 12.3. The van der Waals surface area contributed by atoms with Crippen LogP contribution in [-0.2, 0) is 6.42 Å². The van der Waals surface area contributed by atoms with Crippen LogP contribution >= 0.6 is 0 Å². The summed E-state index contributed by atoms with van der Waals surface area (Å²) < 4.78 is 0. The molecular formula is C24H15N3. The van der Waals surface area contributed by atoms with Crippen LogP contribution in [0.2, 0.25) is 0 Å². The van der Waals surface area contributed by atoms with Crippen molar-refractivity contribution in [2.45, 2.75) is 6.42 Å². The van der Waals surface area contributed by atoms with E-state index in [0.717, 1.165) is 34.1 Å². The summed E-state index contributed by atoms with van der Waals surface area (Å²) in [5.41, 5.74) is 9.24. The molecule has 0 unspecified atom stereocenters. The van der Waals surface area contributed by atoms with Crippen molar-refractivity contribution in [1.29, 1.82) is 0 Å². The van der Waals surface area contributed by atoms with Gasteiger partial charge in [-0.05, 0) is 28.7 Å². The number of fused-ring (bicyclic) bond motifs is 7. The molecule has 2 aromatic heterocycles. The highest BCUT2D eigenvalue weighted by atomic mass is 14.9. The van der Waals surface area contributed by atoms with E-state index < -0.39 is 0 Å². The van der Waals surface area contributed by atoms with Crippen LogP contribution in [0.1, 0.15) is 11.1 Å². The van der Waals surface area contributed by atoms with E-state index >= 15 is 0 Å². The van der Waals surface area contributed by atoms with Crippen molar-refractivity contribution >= 4 is 21.8 Å². The maximum atomic E-state index is 4.92. The van der Waals surface area contributed by atoms with Gasteiger partial charge in [0.25, 0.3) is 0 Å². The Hall–Kier alpha value is -3.59. The maximum absolute atomic E-state index is 4.92. The Morgan fingerprint density at radius 2 is 1.63 bits per heavy atom. The minimum Gasteiger partial charge on any atom is -0.244 e. The third-order valence-electron chi connectivity index (χ3n) is 5.45. The number of rotatable bonds is 1. The lowest BCUT2D eigenvalue weighted by molar-refractivity contribution is 1.20. The quantitative estimate of drug-likeness (QED) is 0.374. The number of pyridine rings is 1. The van der Waals surface area contributed by atoms with E-state index in [1.807, 2.05) is 12.3 Å². The predicted molar refractivity (Wildman–Crippen MR) is 109 cm³/mol. The van der Waals surface area contributed by atoms with Gasteiger partial charge in [-0.2, -0.15) is 0 Å². The molecule has 6 rings (SSSR count). The van der Waals surface area contributed by atoms with Crippen molar-refractivity contribution in [3.05, 3.63) is 90.4 Å². The van der Waals surface area contributed by atoms with Crippen molar-refractivity contribution < 1.29 is 0 Å². The Morgan fingerprint density at radius 3 is 2.56 bits per heavy atom. The second kappa shape index (κ2) is 5.45. The molecule has 0 saturated carbocycles. The molecule has 0 spiro atoms. The van der Waals surface area contributed by atoms with Gasteiger partial charge in [-0.25, -0.2) is 15.0 Å². The molecule has 0 N–H and O–H groups in total. The van der Waals surface area contributed by atoms with Crippen LogP contribution in [0, 0.1) is 0 Å². The fraction of sp³-hybridized carbons (Fsp3) is 0.0417. The van der Waals surface area contributed by atoms with E-state index in [-0.39, 0.29) is 0 Å². The van der Waals surface area contributed by atoms with Gasteiger partial charge in [-0.15, -0.1) is 0 Å². The molecular weight excluding hydrogens is 330 g/mol. The van der Waals surface area contributed by atoms with E-state index in [0.29, 0.717) is 0 Å². The van der Waals surface area contributed by atoms with E-state index in [4.69, 9.17) is 4.98 Å². The van der Waals surface area contributed by atoms with Gasteiger partial charge in [-0.1, -0.05) is 66.7 Å². The smallest absolute Gasteiger partial charge is 0.116 e. The zero-order chi connectivity index (χ0) is 17.8. The molecule has 0 radical (unpaired) electrons. The number of hydrogen-bond donors (Lipinski definition) is 0. The molecule has 0 bridgehead atoms. The Balaban J connectivity index is 1.78. The largest absolute Gasteiger partial charge is 0.244 e. The first kappa shape index (κ1) is 14.6. The lowest BCUT2D eigenvalue weighted by atomic mass is 9.95. The Morgan fingerprint density at radius 1 is 0.778 bits per heavy atom. The Bertz CT molecular complexity index is 1340. The Kier molecular flexibility index (Phi) is 2.94. The van der Waals surface area contributed by atoms with E-state index in [9.17, 15) is 0 Å². The number of benzene rings is 3. The van der Waals surface area contributed by atoms with Crippen LogP contribution in [0.15, 0.2) is 79.3 Å². The summed E-state index contributed by atoms with van der Waals surface area (Å²) in [4.78, 5) is 13.7. The van der Waals surface area contributed by atoms with Crippen molar-refractivity contribution in [1.82, 2.24) is 15.0 Å². The second-order valence-corrected chi connectivity index (χ2v) is 6.93. The number of nitrogens with zero attached hydrogens (tertiary/aromatic N) is 3. The van der Waals surface area contributed by atoms with Crippen LogP contribution in [0.3, 0.4) is 0 Å². The molecule has 0 saturated heterocycles. The van der Waals surface area contributed by atoms with Gasteiger partial charge >= 0.3 is 0 Å². The van der Waals surface area contributed by atoms with E-state index in [1.165, 1.54) is 27.6 Å². The summed E-state index contributed by atoms with van der Waals surface area (Å²) in [5.74, 6) is 0. The molecule has 3 aromatic carbocycles. The summed E-state index contributed by atoms with van der Waals surface area (Å²) >= 11 is 0. The topological polar surface area (TPSA) is 38.7 Å². The first-order valence-corrected chi connectivity index (χ1v) is 9.09. The van der Waals surface area contributed by atoms with Gasteiger partial charge in [0.2, 0.25) is 0 Å². The molecule has 27 heavy (non-hydrogen) atoms. The molecule has 126 valence electrons. The summed E-state index contributed by atoms with van der Waals surface area (Å²) in [5, 5.41) is 2.36. The highest BCUT2D eigenvalue weighted by molar-refractivity contribution is 6.13. The molecule has 3 nitrogen and oxygen atoms in total. The highest BCUT2D eigenvalue weighted by Gasteiger charge is 2.23. The third kappa shape index (κ3) is 2.05. The van der Waals surface area contributed by atoms with Crippen LogP contribution in [0.4, 0.5) is 0 Å². The lowest BCUT2D eigenvalue weighted by Crippen LogP contribution is -1.95. The summed E-state index contributed by atoms with van der Waals surface area (Å²) in [6.07, 6.45) is 4.36. The predicted octanol–water partition coefficient (Wildman–Crippen LogP) is 5.42. The van der Waals surface area contributed by atoms with Gasteiger partial charge in [-0.3, -0.25) is 0 Å². The van der Waals surface area contributed by atoms with Crippen LogP contribution in [0.5, 0.6) is 0 Å². The Labute approximate surface area is 156 Å². The number of hydrogen-bond acceptors (Lipinski definition) is 3. The van der Waals surface area contributed by atoms with Crippen LogP contribution in [-0.4, -0.2) is 15.0 Å². The van der Waals surface area contributed by atoms with Crippen molar-refractivity contribution in [3.8, 4) is 22.4 Å². The average molecular weight is 345 g/mol. The molecule has 2 heterocycles. The molecule has 1 aliphatic rings. The van der Waals surface area contributed by atoms with E-state index in [2.05, 4.69) is 70.6 Å². The molecule has 1 aliphatic carbocycles. The van der Waals surface area contributed by atoms with Gasteiger partial charge in [0.15, 0.2) is 0 Å². The summed E-state index contributed by atoms with van der Waals surface area (Å²) in [7, 11) is 0. The molecule has 0 aliphatic heterocycles. The average Bonchev–Trinajstić information content (AvgIpc) is 3.12. The fourth-order valence-corrected chi connectivity index (χ4v) is 4.27.